The smallest absolute Gasteiger partial charge is 0.243 e. The third-order valence-electron chi connectivity index (χ3n) is 4.33. The lowest BCUT2D eigenvalue weighted by Gasteiger charge is -2.21. The first-order chi connectivity index (χ1) is 9.95. The molecule has 1 aromatic carbocycles. The van der Waals surface area contributed by atoms with E-state index < -0.39 is 10.0 Å². The Labute approximate surface area is 128 Å². The molecular weight excluding hydrogens is 284 g/mol. The lowest BCUT2D eigenvalue weighted by atomic mass is 9.96. The van der Waals surface area contributed by atoms with E-state index >= 15 is 0 Å². The number of nitrogen functional groups attached to an aromatic ring is 1. The first kappa shape index (κ1) is 16.3. The maximum atomic E-state index is 12.8. The molecule has 0 saturated carbocycles. The van der Waals surface area contributed by atoms with Crippen LogP contribution in [-0.2, 0) is 10.0 Å². The fourth-order valence-corrected chi connectivity index (χ4v) is 4.86. The van der Waals surface area contributed by atoms with Gasteiger partial charge in [-0.25, -0.2) is 8.42 Å². The minimum absolute atomic E-state index is 0.358. The van der Waals surface area contributed by atoms with Crippen molar-refractivity contribution in [2.75, 3.05) is 18.8 Å². The molecule has 1 unspecified atom stereocenters. The van der Waals surface area contributed by atoms with Gasteiger partial charge < -0.3 is 5.73 Å². The Kier molecular flexibility index (Phi) is 5.27. The molecule has 1 heterocycles. The fraction of sp³-hybridized carbons (Fsp3) is 0.625. The highest BCUT2D eigenvalue weighted by Crippen LogP contribution is 2.27. The van der Waals surface area contributed by atoms with Gasteiger partial charge in [-0.2, -0.15) is 4.31 Å². The Morgan fingerprint density at radius 1 is 1.29 bits per heavy atom. The van der Waals surface area contributed by atoms with Crippen LogP contribution in [0.15, 0.2) is 23.1 Å². The van der Waals surface area contributed by atoms with Gasteiger partial charge in [-0.1, -0.05) is 25.8 Å². The molecule has 0 aliphatic carbocycles. The summed E-state index contributed by atoms with van der Waals surface area (Å²) in [6.07, 6.45) is 5.42. The second kappa shape index (κ2) is 6.79. The van der Waals surface area contributed by atoms with Crippen LogP contribution < -0.4 is 5.73 Å². The topological polar surface area (TPSA) is 63.4 Å². The largest absolute Gasteiger partial charge is 0.399 e. The van der Waals surface area contributed by atoms with Crippen LogP contribution in [0.1, 0.15) is 44.6 Å². The zero-order chi connectivity index (χ0) is 15.5. The molecular formula is C16H26N2O2S. The van der Waals surface area contributed by atoms with Crippen molar-refractivity contribution in [3.05, 3.63) is 23.8 Å². The normalized spacial score (nSPS) is 21.1. The average Bonchev–Trinajstić information content (AvgIpc) is 2.68. The first-order valence-electron chi connectivity index (χ1n) is 7.81. The Hall–Kier alpha value is -1.07. The van der Waals surface area contributed by atoms with E-state index in [-0.39, 0.29) is 0 Å². The molecule has 118 valence electrons. The summed E-state index contributed by atoms with van der Waals surface area (Å²) in [4.78, 5) is 0.358. The van der Waals surface area contributed by atoms with Crippen LogP contribution in [0.5, 0.6) is 0 Å². The molecule has 1 aliphatic heterocycles. The van der Waals surface area contributed by atoms with E-state index in [9.17, 15) is 8.42 Å². The van der Waals surface area contributed by atoms with Crippen molar-refractivity contribution in [3.8, 4) is 0 Å². The maximum Gasteiger partial charge on any atom is 0.243 e. The molecule has 1 saturated heterocycles. The number of aryl methyl sites for hydroxylation is 1. The molecule has 4 nitrogen and oxygen atoms in total. The van der Waals surface area contributed by atoms with Gasteiger partial charge in [-0.3, -0.25) is 0 Å². The lowest BCUT2D eigenvalue weighted by molar-refractivity contribution is 0.400. The van der Waals surface area contributed by atoms with Crippen molar-refractivity contribution >= 4 is 15.7 Å². The van der Waals surface area contributed by atoms with Gasteiger partial charge >= 0.3 is 0 Å². The van der Waals surface area contributed by atoms with Gasteiger partial charge in [0.1, 0.15) is 0 Å². The van der Waals surface area contributed by atoms with E-state index in [2.05, 4.69) is 6.92 Å². The summed E-state index contributed by atoms with van der Waals surface area (Å²) in [5.41, 5.74) is 7.02. The summed E-state index contributed by atoms with van der Waals surface area (Å²) < 4.78 is 27.3. The van der Waals surface area contributed by atoms with E-state index in [0.717, 1.165) is 24.8 Å². The molecule has 1 fully saturated rings. The predicted octanol–water partition coefficient (Wildman–Crippen LogP) is 3.17. The molecule has 2 rings (SSSR count). The standard InChI is InChI=1S/C16H26N2O2S/c1-3-5-14-6-4-10-18(11-9-14)21(19,20)16-12-15(17)8-7-13(16)2/h7-8,12,14H,3-6,9-11,17H2,1-2H3. The van der Waals surface area contributed by atoms with Crippen LogP contribution in [0.3, 0.4) is 0 Å². The summed E-state index contributed by atoms with van der Waals surface area (Å²) in [6.45, 7) is 5.26. The summed E-state index contributed by atoms with van der Waals surface area (Å²) in [5, 5.41) is 0. The van der Waals surface area contributed by atoms with Crippen LogP contribution in [0.2, 0.25) is 0 Å². The van der Waals surface area contributed by atoms with Crippen molar-refractivity contribution in [1.82, 2.24) is 4.31 Å². The highest BCUT2D eigenvalue weighted by atomic mass is 32.2. The molecule has 0 radical (unpaired) electrons. The third-order valence-corrected chi connectivity index (χ3v) is 6.37. The number of hydrogen-bond acceptors (Lipinski definition) is 3. The summed E-state index contributed by atoms with van der Waals surface area (Å²) in [6, 6.07) is 5.10. The molecule has 2 N–H and O–H groups in total. The molecule has 5 heteroatoms. The van der Waals surface area contributed by atoms with E-state index in [0.29, 0.717) is 29.6 Å². The van der Waals surface area contributed by atoms with E-state index in [4.69, 9.17) is 5.73 Å². The SMILES string of the molecule is CCCC1CCCN(S(=O)(=O)c2cc(N)ccc2C)CC1. The molecule has 1 aromatic rings. The zero-order valence-corrected chi connectivity index (χ0v) is 13.8. The maximum absolute atomic E-state index is 12.8. The van der Waals surface area contributed by atoms with Crippen molar-refractivity contribution in [1.29, 1.82) is 0 Å². The lowest BCUT2D eigenvalue weighted by Crippen LogP contribution is -2.32. The fourth-order valence-electron chi connectivity index (χ4n) is 3.11. The van der Waals surface area contributed by atoms with E-state index in [1.54, 1.807) is 22.5 Å². The number of nitrogens with two attached hydrogens (primary N) is 1. The number of sulfonamides is 1. The van der Waals surface area contributed by atoms with Gasteiger partial charge in [0.15, 0.2) is 0 Å². The quantitative estimate of drug-likeness (QED) is 0.869. The Balaban J connectivity index is 2.21. The Morgan fingerprint density at radius 2 is 2.05 bits per heavy atom. The molecule has 1 atom stereocenters. The summed E-state index contributed by atoms with van der Waals surface area (Å²) >= 11 is 0. The minimum atomic E-state index is -3.42. The second-order valence-electron chi connectivity index (χ2n) is 6.01. The van der Waals surface area contributed by atoms with Gasteiger partial charge in [0.05, 0.1) is 4.90 Å². The number of rotatable bonds is 4. The van der Waals surface area contributed by atoms with Gasteiger partial charge in [-0.05, 0) is 49.8 Å². The molecule has 1 aliphatic rings. The van der Waals surface area contributed by atoms with Crippen LogP contribution in [0.4, 0.5) is 5.69 Å². The second-order valence-corrected chi connectivity index (χ2v) is 7.92. The number of nitrogens with zero attached hydrogens (tertiary/aromatic N) is 1. The third kappa shape index (κ3) is 3.77. The molecule has 0 aromatic heterocycles. The van der Waals surface area contributed by atoms with Crippen LogP contribution in [0, 0.1) is 12.8 Å². The Morgan fingerprint density at radius 3 is 2.76 bits per heavy atom. The van der Waals surface area contributed by atoms with Crippen molar-refractivity contribution in [2.45, 2.75) is 50.8 Å². The van der Waals surface area contributed by atoms with E-state index in [1.165, 1.54) is 12.8 Å². The first-order valence-corrected chi connectivity index (χ1v) is 9.25. The van der Waals surface area contributed by atoms with Crippen LogP contribution in [0.25, 0.3) is 0 Å². The predicted molar refractivity (Wildman–Crippen MR) is 86.6 cm³/mol. The van der Waals surface area contributed by atoms with E-state index in [1.807, 2.05) is 6.92 Å². The van der Waals surface area contributed by atoms with Crippen molar-refractivity contribution in [3.63, 3.8) is 0 Å². The molecule has 21 heavy (non-hydrogen) atoms. The minimum Gasteiger partial charge on any atom is -0.399 e. The summed E-state index contributed by atoms with van der Waals surface area (Å²) in [7, 11) is -3.42. The average molecular weight is 310 g/mol. The monoisotopic (exact) mass is 310 g/mol. The highest BCUT2D eigenvalue weighted by Gasteiger charge is 2.28. The van der Waals surface area contributed by atoms with Crippen LogP contribution >= 0.6 is 0 Å². The Bertz CT molecular complexity index is 584. The zero-order valence-electron chi connectivity index (χ0n) is 13.0. The van der Waals surface area contributed by atoms with Crippen LogP contribution in [-0.4, -0.2) is 25.8 Å². The van der Waals surface area contributed by atoms with Gasteiger partial charge in [-0.15, -0.1) is 0 Å². The molecule has 0 spiro atoms. The van der Waals surface area contributed by atoms with Gasteiger partial charge in [0.25, 0.3) is 0 Å². The molecule has 0 bridgehead atoms. The highest BCUT2D eigenvalue weighted by molar-refractivity contribution is 7.89. The summed E-state index contributed by atoms with van der Waals surface area (Å²) in [5.74, 6) is 0.664. The van der Waals surface area contributed by atoms with Crippen molar-refractivity contribution in [2.24, 2.45) is 5.92 Å². The molecule has 0 amide bonds. The number of benzene rings is 1. The van der Waals surface area contributed by atoms with Gasteiger partial charge in [0, 0.05) is 18.8 Å². The van der Waals surface area contributed by atoms with Gasteiger partial charge in [0.2, 0.25) is 10.0 Å². The number of anilines is 1. The van der Waals surface area contributed by atoms with Crippen molar-refractivity contribution < 1.29 is 8.42 Å². The number of hydrogen-bond donors (Lipinski definition) is 1.